The molecular formula is C19H27N3O4. The first kappa shape index (κ1) is 19.9. The molecule has 2 amide bonds. The third kappa shape index (κ3) is 5.54. The van der Waals surface area contributed by atoms with Gasteiger partial charge in [-0.2, -0.15) is 0 Å². The molecule has 7 nitrogen and oxygen atoms in total. The molecule has 1 atom stereocenters. The molecule has 1 aliphatic rings. The first-order chi connectivity index (χ1) is 12.4. The molecule has 7 heteroatoms. The lowest BCUT2D eigenvalue weighted by atomic mass is 9.87. The van der Waals surface area contributed by atoms with E-state index in [2.05, 4.69) is 5.32 Å². The van der Waals surface area contributed by atoms with E-state index in [1.165, 1.54) is 36.3 Å². The van der Waals surface area contributed by atoms with Crippen LogP contribution in [0.2, 0.25) is 0 Å². The molecule has 1 saturated carbocycles. The van der Waals surface area contributed by atoms with Crippen LogP contribution in [0.15, 0.2) is 24.3 Å². The summed E-state index contributed by atoms with van der Waals surface area (Å²) in [5, 5.41) is 13.6. The Morgan fingerprint density at radius 1 is 1.31 bits per heavy atom. The minimum Gasteiger partial charge on any atom is -0.347 e. The van der Waals surface area contributed by atoms with Crippen molar-refractivity contribution in [3.63, 3.8) is 0 Å². The molecule has 0 aromatic heterocycles. The van der Waals surface area contributed by atoms with Crippen molar-refractivity contribution >= 4 is 17.5 Å². The van der Waals surface area contributed by atoms with Crippen molar-refractivity contribution in [2.45, 2.75) is 51.5 Å². The van der Waals surface area contributed by atoms with Gasteiger partial charge in [0, 0.05) is 25.6 Å². The fourth-order valence-corrected chi connectivity index (χ4v) is 3.36. The lowest BCUT2D eigenvalue weighted by Crippen LogP contribution is -2.39. The minimum atomic E-state index is -0.455. The minimum absolute atomic E-state index is 0.00372. The van der Waals surface area contributed by atoms with Gasteiger partial charge in [-0.25, -0.2) is 0 Å². The predicted molar refractivity (Wildman–Crippen MR) is 98.5 cm³/mol. The number of amides is 2. The van der Waals surface area contributed by atoms with Gasteiger partial charge in [-0.3, -0.25) is 19.7 Å². The highest BCUT2D eigenvalue weighted by molar-refractivity contribution is 5.84. The van der Waals surface area contributed by atoms with Gasteiger partial charge in [0.05, 0.1) is 17.5 Å². The lowest BCUT2D eigenvalue weighted by molar-refractivity contribution is -0.384. The van der Waals surface area contributed by atoms with E-state index in [0.29, 0.717) is 17.9 Å². The number of benzene rings is 1. The number of nitro benzene ring substituents is 1. The maximum Gasteiger partial charge on any atom is 0.269 e. The summed E-state index contributed by atoms with van der Waals surface area (Å²) in [6.45, 7) is 1.75. The number of likely N-dealkylation sites (N-methyl/N-ethyl adjacent to an activating group) is 1. The maximum absolute atomic E-state index is 12.4. The highest BCUT2D eigenvalue weighted by Gasteiger charge is 2.21. The third-order valence-electron chi connectivity index (χ3n) is 5.17. The summed E-state index contributed by atoms with van der Waals surface area (Å²) in [7, 11) is 1.64. The zero-order valence-corrected chi connectivity index (χ0v) is 15.4. The molecule has 1 N–H and O–H groups in total. The van der Waals surface area contributed by atoms with E-state index < -0.39 is 4.92 Å². The molecule has 1 unspecified atom stereocenters. The number of carbonyl (C=O) groups is 2. The molecular weight excluding hydrogens is 334 g/mol. The monoisotopic (exact) mass is 361 g/mol. The second-order valence-electron chi connectivity index (χ2n) is 7.02. The van der Waals surface area contributed by atoms with Crippen molar-refractivity contribution in [2.75, 3.05) is 13.6 Å². The quantitative estimate of drug-likeness (QED) is 0.596. The second-order valence-corrected chi connectivity index (χ2v) is 7.02. The number of nitrogens with zero attached hydrogens (tertiary/aromatic N) is 2. The van der Waals surface area contributed by atoms with Gasteiger partial charge in [0.2, 0.25) is 11.8 Å². The second kappa shape index (κ2) is 9.31. The summed E-state index contributed by atoms with van der Waals surface area (Å²) >= 11 is 0. The highest BCUT2D eigenvalue weighted by atomic mass is 16.6. The van der Waals surface area contributed by atoms with Crippen LogP contribution in [0.4, 0.5) is 5.69 Å². The van der Waals surface area contributed by atoms with Crippen molar-refractivity contribution < 1.29 is 14.5 Å². The van der Waals surface area contributed by atoms with Crippen LogP contribution in [0, 0.1) is 16.0 Å². The van der Waals surface area contributed by atoms with Gasteiger partial charge in [-0.05, 0) is 31.2 Å². The van der Waals surface area contributed by atoms with Crippen molar-refractivity contribution in [1.82, 2.24) is 10.2 Å². The first-order valence-corrected chi connectivity index (χ1v) is 9.15. The molecule has 1 aromatic carbocycles. The number of hydrogen-bond acceptors (Lipinski definition) is 4. The Kier molecular flexibility index (Phi) is 7.12. The van der Waals surface area contributed by atoms with E-state index in [0.717, 1.165) is 12.8 Å². The topological polar surface area (TPSA) is 92.6 Å². The van der Waals surface area contributed by atoms with Crippen LogP contribution in [0.25, 0.3) is 0 Å². The van der Waals surface area contributed by atoms with Gasteiger partial charge in [-0.1, -0.05) is 31.4 Å². The number of carbonyl (C=O) groups excluding carboxylic acids is 2. The third-order valence-corrected chi connectivity index (χ3v) is 5.17. The van der Waals surface area contributed by atoms with Crippen LogP contribution in [-0.4, -0.2) is 35.2 Å². The molecule has 0 heterocycles. The molecule has 1 fully saturated rings. The largest absolute Gasteiger partial charge is 0.347 e. The van der Waals surface area contributed by atoms with E-state index >= 15 is 0 Å². The fraction of sp³-hybridized carbons (Fsp3) is 0.579. The Hall–Kier alpha value is -2.44. The Morgan fingerprint density at radius 2 is 2.00 bits per heavy atom. The smallest absolute Gasteiger partial charge is 0.269 e. The van der Waals surface area contributed by atoms with Gasteiger partial charge in [-0.15, -0.1) is 0 Å². The first-order valence-electron chi connectivity index (χ1n) is 9.15. The summed E-state index contributed by atoms with van der Waals surface area (Å²) in [5.74, 6) is 0.128. The molecule has 0 saturated heterocycles. The van der Waals surface area contributed by atoms with Crippen LogP contribution >= 0.6 is 0 Å². The van der Waals surface area contributed by atoms with Crippen LogP contribution < -0.4 is 5.32 Å². The number of non-ortho nitro benzene ring substituents is 1. The Balaban J connectivity index is 1.85. The summed E-state index contributed by atoms with van der Waals surface area (Å²) in [6.07, 6.45) is 6.27. The summed E-state index contributed by atoms with van der Waals surface area (Å²) in [6, 6.07) is 5.93. The van der Waals surface area contributed by atoms with Gasteiger partial charge in [0.15, 0.2) is 0 Å². The lowest BCUT2D eigenvalue weighted by Gasteiger charge is -2.26. The Bertz CT molecular complexity index is 656. The molecule has 0 spiro atoms. The van der Waals surface area contributed by atoms with E-state index in [1.54, 1.807) is 26.1 Å². The molecule has 1 aromatic rings. The molecule has 26 heavy (non-hydrogen) atoms. The number of nitro groups is 1. The maximum atomic E-state index is 12.4. The van der Waals surface area contributed by atoms with Crippen molar-refractivity contribution in [2.24, 2.45) is 5.92 Å². The van der Waals surface area contributed by atoms with Crippen molar-refractivity contribution in [1.29, 1.82) is 0 Å². The average Bonchev–Trinajstić information content (AvgIpc) is 2.65. The van der Waals surface area contributed by atoms with Crippen molar-refractivity contribution in [3.8, 4) is 0 Å². The number of rotatable bonds is 7. The normalized spacial score (nSPS) is 15.9. The van der Waals surface area contributed by atoms with E-state index in [4.69, 9.17) is 0 Å². The predicted octanol–water partition coefficient (Wildman–Crippen LogP) is 3.20. The van der Waals surface area contributed by atoms with E-state index in [9.17, 15) is 19.7 Å². The molecule has 0 bridgehead atoms. The van der Waals surface area contributed by atoms with Crippen molar-refractivity contribution in [3.05, 3.63) is 39.9 Å². The molecule has 1 aliphatic carbocycles. The van der Waals surface area contributed by atoms with E-state index in [-0.39, 0.29) is 30.1 Å². The SMILES string of the molecule is CC(c1cccc([N+](=O)[O-])c1)N(C)C(=O)CNC(=O)CC1CCCCC1. The molecule has 142 valence electrons. The number of nitrogens with one attached hydrogen (secondary N) is 1. The van der Waals surface area contributed by atoms with Crippen LogP contribution in [-0.2, 0) is 9.59 Å². The molecule has 0 aliphatic heterocycles. The van der Waals surface area contributed by atoms with Crippen LogP contribution in [0.1, 0.15) is 57.1 Å². The van der Waals surface area contributed by atoms with E-state index in [1.807, 2.05) is 0 Å². The average molecular weight is 361 g/mol. The fourth-order valence-electron chi connectivity index (χ4n) is 3.36. The standard InChI is InChI=1S/C19H27N3O4/c1-14(16-9-6-10-17(12-16)22(25)26)21(2)19(24)13-20-18(23)11-15-7-4-3-5-8-15/h6,9-10,12,14-15H,3-5,7-8,11,13H2,1-2H3,(H,20,23). The Labute approximate surface area is 153 Å². The summed E-state index contributed by atoms with van der Waals surface area (Å²) < 4.78 is 0. The highest BCUT2D eigenvalue weighted by Crippen LogP contribution is 2.26. The number of hydrogen-bond donors (Lipinski definition) is 1. The zero-order valence-electron chi connectivity index (χ0n) is 15.4. The Morgan fingerprint density at radius 3 is 2.65 bits per heavy atom. The molecule has 2 rings (SSSR count). The van der Waals surface area contributed by atoms with Gasteiger partial charge < -0.3 is 10.2 Å². The molecule has 0 radical (unpaired) electrons. The summed E-state index contributed by atoms with van der Waals surface area (Å²) in [4.78, 5) is 36.3. The summed E-state index contributed by atoms with van der Waals surface area (Å²) in [5.41, 5.74) is 0.680. The van der Waals surface area contributed by atoms with Crippen LogP contribution in [0.3, 0.4) is 0 Å². The van der Waals surface area contributed by atoms with Gasteiger partial charge in [0.25, 0.3) is 5.69 Å². The van der Waals surface area contributed by atoms with Gasteiger partial charge in [0.1, 0.15) is 0 Å². The van der Waals surface area contributed by atoms with Crippen LogP contribution in [0.5, 0.6) is 0 Å². The van der Waals surface area contributed by atoms with Gasteiger partial charge >= 0.3 is 0 Å². The zero-order chi connectivity index (χ0) is 19.1.